The molecule has 0 fully saturated rings. The molecule has 3 aromatic heterocycles. The summed E-state index contributed by atoms with van der Waals surface area (Å²) >= 11 is 1.47. The highest BCUT2D eigenvalue weighted by Gasteiger charge is 2.03. The lowest BCUT2D eigenvalue weighted by molar-refractivity contribution is 1.24. The van der Waals surface area contributed by atoms with Gasteiger partial charge in [-0.25, -0.2) is 9.97 Å². The average molecular weight is 269 g/mol. The zero-order valence-corrected chi connectivity index (χ0v) is 11.1. The van der Waals surface area contributed by atoms with E-state index in [1.807, 2.05) is 37.3 Å². The fourth-order valence-electron chi connectivity index (χ4n) is 1.58. The molecule has 0 aromatic carbocycles. The maximum Gasteiger partial charge on any atom is 0.205 e. The van der Waals surface area contributed by atoms with Crippen LogP contribution in [-0.4, -0.2) is 20.7 Å². The summed E-state index contributed by atoms with van der Waals surface area (Å²) in [6.07, 6.45) is 3.50. The quantitative estimate of drug-likeness (QED) is 0.586. The van der Waals surface area contributed by atoms with Crippen molar-refractivity contribution in [3.63, 3.8) is 0 Å². The first kappa shape index (κ1) is 11.7. The highest BCUT2D eigenvalue weighted by atomic mass is 32.1. The molecule has 3 aromatic rings. The van der Waals surface area contributed by atoms with Gasteiger partial charge in [0.05, 0.1) is 11.4 Å². The van der Waals surface area contributed by atoms with Gasteiger partial charge in [0.1, 0.15) is 10.3 Å². The van der Waals surface area contributed by atoms with Gasteiger partial charge in [0.25, 0.3) is 0 Å². The molecule has 94 valence electrons. The van der Waals surface area contributed by atoms with Gasteiger partial charge in [-0.15, -0.1) is 0 Å². The van der Waals surface area contributed by atoms with Crippen LogP contribution in [0.3, 0.4) is 0 Å². The van der Waals surface area contributed by atoms with E-state index in [1.165, 1.54) is 11.3 Å². The smallest absolute Gasteiger partial charge is 0.205 e. The van der Waals surface area contributed by atoms with E-state index in [-0.39, 0.29) is 0 Å². The summed E-state index contributed by atoms with van der Waals surface area (Å²) in [6, 6.07) is 9.53. The van der Waals surface area contributed by atoms with Crippen molar-refractivity contribution in [1.82, 2.24) is 15.0 Å². The van der Waals surface area contributed by atoms with Crippen LogP contribution >= 0.6 is 11.3 Å². The van der Waals surface area contributed by atoms with Crippen molar-refractivity contribution in [2.45, 2.75) is 6.92 Å². The molecule has 3 rings (SSSR count). The van der Waals surface area contributed by atoms with Crippen LogP contribution < -0.4 is 5.43 Å². The second-order valence-electron chi connectivity index (χ2n) is 3.87. The zero-order chi connectivity index (χ0) is 13.1. The molecule has 0 bridgehead atoms. The molecule has 0 radical (unpaired) electrons. The Morgan fingerprint density at radius 2 is 2.05 bits per heavy atom. The molecule has 0 amide bonds. The molecule has 0 aliphatic heterocycles. The van der Waals surface area contributed by atoms with Crippen LogP contribution in [-0.2, 0) is 0 Å². The molecule has 0 unspecified atom stereocenters. The van der Waals surface area contributed by atoms with Crippen LogP contribution in [0.25, 0.3) is 10.3 Å². The van der Waals surface area contributed by atoms with Crippen molar-refractivity contribution >= 4 is 32.5 Å². The molecule has 0 atom stereocenters. The van der Waals surface area contributed by atoms with Crippen LogP contribution in [0.2, 0.25) is 0 Å². The van der Waals surface area contributed by atoms with Crippen molar-refractivity contribution < 1.29 is 0 Å². The van der Waals surface area contributed by atoms with Crippen molar-refractivity contribution in [3.05, 3.63) is 48.4 Å². The van der Waals surface area contributed by atoms with Crippen molar-refractivity contribution in [1.29, 1.82) is 0 Å². The van der Waals surface area contributed by atoms with E-state index >= 15 is 0 Å². The van der Waals surface area contributed by atoms with Gasteiger partial charge in [-0.2, -0.15) is 5.10 Å². The van der Waals surface area contributed by atoms with E-state index in [1.54, 1.807) is 12.4 Å². The Morgan fingerprint density at radius 1 is 1.16 bits per heavy atom. The van der Waals surface area contributed by atoms with Crippen LogP contribution in [0, 0.1) is 0 Å². The summed E-state index contributed by atoms with van der Waals surface area (Å²) < 4.78 is 0. The largest absolute Gasteiger partial charge is 0.255 e. The van der Waals surface area contributed by atoms with Gasteiger partial charge in [-0.1, -0.05) is 17.4 Å². The summed E-state index contributed by atoms with van der Waals surface area (Å²) in [5.41, 5.74) is 5.48. The molecule has 0 saturated carbocycles. The monoisotopic (exact) mass is 269 g/mol. The first-order chi connectivity index (χ1) is 9.33. The normalized spacial score (nSPS) is 11.7. The first-order valence-corrected chi connectivity index (χ1v) is 6.58. The van der Waals surface area contributed by atoms with Gasteiger partial charge in [0.15, 0.2) is 0 Å². The van der Waals surface area contributed by atoms with Gasteiger partial charge in [-0.3, -0.25) is 10.4 Å². The number of fused-ring (bicyclic) bond motifs is 1. The van der Waals surface area contributed by atoms with Gasteiger partial charge in [0.2, 0.25) is 5.13 Å². The minimum absolute atomic E-state index is 0.726. The minimum atomic E-state index is 0.726. The molecular weight excluding hydrogens is 258 g/mol. The summed E-state index contributed by atoms with van der Waals surface area (Å²) in [5.74, 6) is 0. The number of anilines is 1. The number of pyridine rings is 2. The summed E-state index contributed by atoms with van der Waals surface area (Å²) in [7, 11) is 0. The molecule has 1 N–H and O–H groups in total. The lowest BCUT2D eigenvalue weighted by Crippen LogP contribution is -2.01. The minimum Gasteiger partial charge on any atom is -0.255 e. The standard InChI is InChI=1S/C13H11N5S/c1-9(10-5-2-3-7-14-10)17-18-13-16-11-6-4-8-15-12(11)19-13/h2-8H,1H3,(H,16,18)/b17-9+. The second-order valence-corrected chi connectivity index (χ2v) is 4.85. The van der Waals surface area contributed by atoms with E-state index in [9.17, 15) is 0 Å². The second kappa shape index (κ2) is 5.11. The number of aromatic nitrogens is 3. The summed E-state index contributed by atoms with van der Waals surface area (Å²) in [4.78, 5) is 13.8. The number of thiazole rings is 1. The average Bonchev–Trinajstić information content (AvgIpc) is 2.88. The number of hydrazone groups is 1. The molecule has 6 heteroatoms. The van der Waals surface area contributed by atoms with Gasteiger partial charge < -0.3 is 0 Å². The molecule has 0 aliphatic carbocycles. The molecule has 19 heavy (non-hydrogen) atoms. The number of nitrogens with zero attached hydrogens (tertiary/aromatic N) is 4. The zero-order valence-electron chi connectivity index (χ0n) is 10.2. The fourth-order valence-corrected chi connectivity index (χ4v) is 2.33. The van der Waals surface area contributed by atoms with E-state index in [2.05, 4.69) is 25.5 Å². The van der Waals surface area contributed by atoms with E-state index in [0.717, 1.165) is 26.9 Å². The van der Waals surface area contributed by atoms with Gasteiger partial charge in [0, 0.05) is 12.4 Å². The third-order valence-electron chi connectivity index (χ3n) is 2.52. The molecular formula is C13H11N5S. The maximum absolute atomic E-state index is 4.40. The lowest BCUT2D eigenvalue weighted by atomic mass is 10.3. The number of rotatable bonds is 3. The summed E-state index contributed by atoms with van der Waals surface area (Å²) in [6.45, 7) is 1.90. The Morgan fingerprint density at radius 3 is 2.84 bits per heavy atom. The number of hydrogen-bond donors (Lipinski definition) is 1. The van der Waals surface area contributed by atoms with Gasteiger partial charge in [-0.05, 0) is 31.2 Å². The van der Waals surface area contributed by atoms with E-state index in [4.69, 9.17) is 0 Å². The van der Waals surface area contributed by atoms with Crippen molar-refractivity contribution in [2.24, 2.45) is 5.10 Å². The van der Waals surface area contributed by atoms with Crippen LogP contribution in [0.15, 0.2) is 47.8 Å². The molecule has 0 saturated heterocycles. The molecule has 0 aliphatic rings. The highest BCUT2D eigenvalue weighted by molar-refractivity contribution is 7.21. The summed E-state index contributed by atoms with van der Waals surface area (Å²) in [5, 5.41) is 5.01. The van der Waals surface area contributed by atoms with Crippen LogP contribution in [0.1, 0.15) is 12.6 Å². The van der Waals surface area contributed by atoms with Gasteiger partial charge >= 0.3 is 0 Å². The fraction of sp³-hybridized carbons (Fsp3) is 0.0769. The number of hydrogen-bond acceptors (Lipinski definition) is 6. The Labute approximate surface area is 114 Å². The van der Waals surface area contributed by atoms with Crippen LogP contribution in [0.5, 0.6) is 0 Å². The Hall–Kier alpha value is -2.34. The van der Waals surface area contributed by atoms with Crippen LogP contribution in [0.4, 0.5) is 5.13 Å². The van der Waals surface area contributed by atoms with E-state index in [0.29, 0.717) is 0 Å². The topological polar surface area (TPSA) is 63.1 Å². The SMILES string of the molecule is C/C(=N\Nc1nc2cccnc2s1)c1ccccn1. The number of nitrogens with one attached hydrogen (secondary N) is 1. The Bertz CT molecular complexity index is 687. The predicted octanol–water partition coefficient (Wildman–Crippen LogP) is 2.92. The molecule has 3 heterocycles. The molecule has 5 nitrogen and oxygen atoms in total. The Kier molecular flexibility index (Phi) is 3.16. The third-order valence-corrected chi connectivity index (χ3v) is 3.41. The van der Waals surface area contributed by atoms with Crippen molar-refractivity contribution in [2.75, 3.05) is 5.43 Å². The molecule has 0 spiro atoms. The highest BCUT2D eigenvalue weighted by Crippen LogP contribution is 2.23. The first-order valence-electron chi connectivity index (χ1n) is 5.76. The third kappa shape index (κ3) is 2.58. The van der Waals surface area contributed by atoms with Crippen molar-refractivity contribution in [3.8, 4) is 0 Å². The lowest BCUT2D eigenvalue weighted by Gasteiger charge is -1.99. The predicted molar refractivity (Wildman–Crippen MR) is 77.5 cm³/mol. The maximum atomic E-state index is 4.40. The van der Waals surface area contributed by atoms with E-state index < -0.39 is 0 Å². The Balaban J connectivity index is 1.82.